The van der Waals surface area contributed by atoms with Crippen molar-refractivity contribution in [1.82, 2.24) is 9.80 Å². The fraction of sp³-hybridized carbons (Fsp3) is 0.615. The molecule has 0 radical (unpaired) electrons. The van der Waals surface area contributed by atoms with Crippen molar-refractivity contribution in [2.75, 3.05) is 26.7 Å². The number of benzene rings is 1. The minimum atomic E-state index is -0.149. The van der Waals surface area contributed by atoms with E-state index in [-0.39, 0.29) is 11.8 Å². The van der Waals surface area contributed by atoms with Gasteiger partial charge in [0.15, 0.2) is 0 Å². The molecule has 5 nitrogen and oxygen atoms in total. The molecule has 31 heavy (non-hydrogen) atoms. The van der Waals surface area contributed by atoms with Gasteiger partial charge in [-0.3, -0.25) is 14.5 Å². The van der Waals surface area contributed by atoms with Crippen molar-refractivity contribution in [2.24, 2.45) is 11.8 Å². The third kappa shape index (κ3) is 5.50. The summed E-state index contributed by atoms with van der Waals surface area (Å²) in [4.78, 5) is 30.6. The fourth-order valence-electron chi connectivity index (χ4n) is 4.97. The Labute approximate surface area is 187 Å². The SMILES string of the molecule is CCCCCCCCN1C(=O)C(c2ccc(OC)cc2)=C(N2CC(C)CC(C)C2)C1=O. The van der Waals surface area contributed by atoms with Crippen molar-refractivity contribution < 1.29 is 14.3 Å². The van der Waals surface area contributed by atoms with Gasteiger partial charge in [-0.25, -0.2) is 0 Å². The highest BCUT2D eigenvalue weighted by Gasteiger charge is 2.42. The first-order valence-electron chi connectivity index (χ1n) is 12.0. The third-order valence-corrected chi connectivity index (χ3v) is 6.44. The monoisotopic (exact) mass is 426 g/mol. The van der Waals surface area contributed by atoms with Gasteiger partial charge >= 0.3 is 0 Å². The van der Waals surface area contributed by atoms with E-state index in [1.165, 1.54) is 24.2 Å². The topological polar surface area (TPSA) is 49.9 Å². The maximum Gasteiger partial charge on any atom is 0.277 e. The molecule has 2 heterocycles. The van der Waals surface area contributed by atoms with Crippen LogP contribution in [0.5, 0.6) is 5.75 Å². The minimum absolute atomic E-state index is 0.120. The fourth-order valence-corrected chi connectivity index (χ4v) is 4.97. The van der Waals surface area contributed by atoms with E-state index in [4.69, 9.17) is 4.74 Å². The molecule has 0 aliphatic carbocycles. The number of hydrogen-bond acceptors (Lipinski definition) is 4. The summed E-state index contributed by atoms with van der Waals surface area (Å²) < 4.78 is 5.28. The van der Waals surface area contributed by atoms with Crippen molar-refractivity contribution in [3.63, 3.8) is 0 Å². The van der Waals surface area contributed by atoms with E-state index < -0.39 is 0 Å². The van der Waals surface area contributed by atoms with E-state index in [2.05, 4.69) is 25.7 Å². The summed E-state index contributed by atoms with van der Waals surface area (Å²) in [6.07, 6.45) is 7.94. The van der Waals surface area contributed by atoms with Crippen LogP contribution in [-0.2, 0) is 9.59 Å². The van der Waals surface area contributed by atoms with Crippen molar-refractivity contribution in [3.05, 3.63) is 35.5 Å². The molecule has 0 spiro atoms. The average molecular weight is 427 g/mol. The molecule has 5 heteroatoms. The zero-order chi connectivity index (χ0) is 22.4. The van der Waals surface area contributed by atoms with Gasteiger partial charge in [-0.15, -0.1) is 0 Å². The van der Waals surface area contributed by atoms with Crippen LogP contribution in [0.15, 0.2) is 30.0 Å². The number of nitrogens with zero attached hydrogens (tertiary/aromatic N) is 2. The van der Waals surface area contributed by atoms with Gasteiger partial charge in [-0.05, 0) is 42.4 Å². The molecule has 1 aromatic carbocycles. The molecular formula is C26H38N2O3. The Morgan fingerprint density at radius 2 is 1.52 bits per heavy atom. The van der Waals surface area contributed by atoms with Crippen LogP contribution in [0.4, 0.5) is 0 Å². The first-order chi connectivity index (χ1) is 15.0. The van der Waals surface area contributed by atoms with E-state index in [9.17, 15) is 9.59 Å². The van der Waals surface area contributed by atoms with Crippen LogP contribution in [0.1, 0.15) is 71.3 Å². The lowest BCUT2D eigenvalue weighted by Gasteiger charge is -2.37. The van der Waals surface area contributed by atoms with Crippen LogP contribution >= 0.6 is 0 Å². The highest BCUT2D eigenvalue weighted by molar-refractivity contribution is 6.35. The number of piperidine rings is 1. The molecular weight excluding hydrogens is 388 g/mol. The first kappa shape index (κ1) is 23.4. The van der Waals surface area contributed by atoms with Crippen LogP contribution in [0, 0.1) is 11.8 Å². The highest BCUT2D eigenvalue weighted by Crippen LogP contribution is 2.35. The van der Waals surface area contributed by atoms with Crippen molar-refractivity contribution in [1.29, 1.82) is 0 Å². The average Bonchev–Trinajstić information content (AvgIpc) is 3.00. The highest BCUT2D eigenvalue weighted by atomic mass is 16.5. The van der Waals surface area contributed by atoms with Crippen molar-refractivity contribution in [3.8, 4) is 5.75 Å². The van der Waals surface area contributed by atoms with E-state index in [1.54, 1.807) is 7.11 Å². The Bertz CT molecular complexity index is 789. The molecule has 2 amide bonds. The van der Waals surface area contributed by atoms with E-state index in [1.807, 2.05) is 24.3 Å². The molecule has 0 saturated carbocycles. The number of ether oxygens (including phenoxy) is 1. The van der Waals surface area contributed by atoms with E-state index >= 15 is 0 Å². The van der Waals surface area contributed by atoms with Gasteiger partial charge in [0.05, 0.1) is 12.7 Å². The Hall–Kier alpha value is -2.30. The molecule has 3 rings (SSSR count). The lowest BCUT2D eigenvalue weighted by Crippen LogP contribution is -2.42. The van der Waals surface area contributed by atoms with E-state index in [0.717, 1.165) is 50.1 Å². The molecule has 2 unspecified atom stereocenters. The maximum atomic E-state index is 13.5. The van der Waals surface area contributed by atoms with Crippen molar-refractivity contribution in [2.45, 2.75) is 65.7 Å². The quantitative estimate of drug-likeness (QED) is 0.385. The van der Waals surface area contributed by atoms with E-state index in [0.29, 0.717) is 29.7 Å². The molecule has 2 aliphatic heterocycles. The molecule has 0 N–H and O–H groups in total. The lowest BCUT2D eigenvalue weighted by molar-refractivity contribution is -0.137. The summed E-state index contributed by atoms with van der Waals surface area (Å²) in [6, 6.07) is 7.50. The Morgan fingerprint density at radius 1 is 0.903 bits per heavy atom. The summed E-state index contributed by atoms with van der Waals surface area (Å²) in [5.74, 6) is 1.48. The third-order valence-electron chi connectivity index (χ3n) is 6.44. The summed E-state index contributed by atoms with van der Waals surface area (Å²) in [7, 11) is 1.63. The van der Waals surface area contributed by atoms with Gasteiger partial charge in [-0.2, -0.15) is 0 Å². The minimum Gasteiger partial charge on any atom is -0.497 e. The van der Waals surface area contributed by atoms with Gasteiger partial charge in [0, 0.05) is 19.6 Å². The molecule has 1 saturated heterocycles. The number of unbranched alkanes of at least 4 members (excludes halogenated alkanes) is 5. The number of carbonyl (C=O) groups excluding carboxylic acids is 2. The standard InChI is InChI=1S/C26H38N2O3/c1-5-6-7-8-9-10-15-28-25(29)23(21-11-13-22(31-4)14-12-21)24(26(28)30)27-17-19(2)16-20(3)18-27/h11-14,19-20H,5-10,15-18H2,1-4H3. The van der Waals surface area contributed by atoms with Gasteiger partial charge < -0.3 is 9.64 Å². The lowest BCUT2D eigenvalue weighted by atomic mass is 9.91. The predicted molar refractivity (Wildman–Crippen MR) is 125 cm³/mol. The number of imide groups is 1. The molecule has 1 fully saturated rings. The molecule has 170 valence electrons. The summed E-state index contributed by atoms with van der Waals surface area (Å²) >= 11 is 0. The van der Waals surface area contributed by atoms with Crippen LogP contribution in [0.25, 0.3) is 5.57 Å². The van der Waals surface area contributed by atoms with Gasteiger partial charge in [0.25, 0.3) is 11.8 Å². The summed E-state index contributed by atoms with van der Waals surface area (Å²) in [5.41, 5.74) is 1.95. The normalized spacial score (nSPS) is 21.9. The Morgan fingerprint density at radius 3 is 2.13 bits per heavy atom. The van der Waals surface area contributed by atoms with Gasteiger partial charge in [0.2, 0.25) is 0 Å². The second kappa shape index (κ2) is 10.8. The number of methoxy groups -OCH3 is 1. The first-order valence-corrected chi connectivity index (χ1v) is 12.0. The van der Waals surface area contributed by atoms with Crippen LogP contribution in [0.2, 0.25) is 0 Å². The maximum absolute atomic E-state index is 13.5. The largest absolute Gasteiger partial charge is 0.497 e. The molecule has 0 aromatic heterocycles. The molecule has 2 aliphatic rings. The Balaban J connectivity index is 1.84. The number of carbonyl (C=O) groups is 2. The molecule has 1 aromatic rings. The smallest absolute Gasteiger partial charge is 0.277 e. The second-order valence-electron chi connectivity index (χ2n) is 9.33. The van der Waals surface area contributed by atoms with Crippen LogP contribution < -0.4 is 4.74 Å². The summed E-state index contributed by atoms with van der Waals surface area (Å²) in [6.45, 7) is 8.81. The predicted octanol–water partition coefficient (Wildman–Crippen LogP) is 5.11. The molecule has 2 atom stereocenters. The zero-order valence-corrected chi connectivity index (χ0v) is 19.7. The summed E-state index contributed by atoms with van der Waals surface area (Å²) in [5, 5.41) is 0. The van der Waals surface area contributed by atoms with Gasteiger partial charge in [0.1, 0.15) is 11.4 Å². The van der Waals surface area contributed by atoms with Crippen LogP contribution in [-0.4, -0.2) is 48.4 Å². The molecule has 0 bridgehead atoms. The zero-order valence-electron chi connectivity index (χ0n) is 19.7. The number of amides is 2. The van der Waals surface area contributed by atoms with Crippen molar-refractivity contribution >= 4 is 17.4 Å². The second-order valence-corrected chi connectivity index (χ2v) is 9.33. The van der Waals surface area contributed by atoms with Gasteiger partial charge in [-0.1, -0.05) is 65.0 Å². The number of hydrogen-bond donors (Lipinski definition) is 0. The number of rotatable bonds is 10. The number of likely N-dealkylation sites (tertiary alicyclic amines) is 1. The Kier molecular flexibility index (Phi) is 8.16. The van der Waals surface area contributed by atoms with Crippen LogP contribution in [0.3, 0.4) is 0 Å².